The third kappa shape index (κ3) is 5.35. The first-order valence-electron chi connectivity index (χ1n) is 5.69. The van der Waals surface area contributed by atoms with Crippen LogP contribution < -0.4 is 5.32 Å². The molecule has 0 bridgehead atoms. The lowest BCUT2D eigenvalue weighted by atomic mass is 10.2. The van der Waals surface area contributed by atoms with Gasteiger partial charge in [-0.2, -0.15) is 13.2 Å². The lowest BCUT2D eigenvalue weighted by molar-refractivity contribution is -0.188. The Bertz CT molecular complexity index is 369. The number of halogens is 3. The molecule has 1 fully saturated rings. The maximum atomic E-state index is 11.9. The summed E-state index contributed by atoms with van der Waals surface area (Å²) in [6.07, 6.45) is -4.96. The Morgan fingerprint density at radius 1 is 1.21 bits per heavy atom. The minimum Gasteiger partial charge on any atom is -0.454 e. The van der Waals surface area contributed by atoms with Crippen molar-refractivity contribution in [3.63, 3.8) is 0 Å². The maximum Gasteiger partial charge on any atom is 0.422 e. The summed E-state index contributed by atoms with van der Waals surface area (Å²) in [6, 6.07) is 0. The van der Waals surface area contributed by atoms with Crippen LogP contribution in [0, 0.1) is 0 Å². The van der Waals surface area contributed by atoms with Crippen LogP contribution in [0.5, 0.6) is 0 Å². The fourth-order valence-electron chi connectivity index (χ4n) is 1.29. The quantitative estimate of drug-likeness (QED) is 0.806. The van der Waals surface area contributed by atoms with Gasteiger partial charge in [-0.05, 0) is 33.6 Å². The Hall–Kier alpha value is -1.47. The van der Waals surface area contributed by atoms with Gasteiger partial charge in [0.15, 0.2) is 6.61 Å². The Kier molecular flexibility index (Phi) is 4.02. The molecule has 0 atom stereocenters. The van der Waals surface area contributed by atoms with Gasteiger partial charge in [0.25, 0.3) is 0 Å². The van der Waals surface area contributed by atoms with Crippen molar-refractivity contribution in [2.45, 2.75) is 50.9 Å². The number of rotatable bonds is 3. The van der Waals surface area contributed by atoms with Gasteiger partial charge in [0.2, 0.25) is 0 Å². The van der Waals surface area contributed by atoms with Crippen molar-refractivity contribution in [2.75, 3.05) is 6.61 Å². The molecule has 0 aromatic rings. The minimum atomic E-state index is -4.59. The molecule has 0 radical (unpaired) electrons. The Balaban J connectivity index is 2.48. The lowest BCUT2D eigenvalue weighted by Crippen LogP contribution is -2.46. The largest absolute Gasteiger partial charge is 0.454 e. The van der Waals surface area contributed by atoms with Crippen LogP contribution >= 0.6 is 0 Å². The molecular weight excluding hydrogens is 267 g/mol. The van der Waals surface area contributed by atoms with Crippen LogP contribution in [0.1, 0.15) is 33.6 Å². The zero-order valence-electron chi connectivity index (χ0n) is 10.9. The van der Waals surface area contributed by atoms with Crippen LogP contribution in [0.3, 0.4) is 0 Å². The summed E-state index contributed by atoms with van der Waals surface area (Å²) in [5.41, 5.74) is -2.12. The summed E-state index contributed by atoms with van der Waals surface area (Å²) >= 11 is 0. The second-order valence-electron chi connectivity index (χ2n) is 5.40. The van der Waals surface area contributed by atoms with Gasteiger partial charge in [-0.15, -0.1) is 0 Å². The molecule has 1 aliphatic carbocycles. The first-order chi connectivity index (χ1) is 8.44. The van der Waals surface area contributed by atoms with Crippen molar-refractivity contribution in [3.8, 4) is 0 Å². The van der Waals surface area contributed by atoms with E-state index in [9.17, 15) is 22.8 Å². The number of ether oxygens (including phenoxy) is 2. The normalized spacial score (nSPS) is 17.6. The predicted molar refractivity (Wildman–Crippen MR) is 58.3 cm³/mol. The summed E-state index contributed by atoms with van der Waals surface area (Å²) in [5.74, 6) is -1.09. The molecule has 8 heteroatoms. The van der Waals surface area contributed by atoms with Gasteiger partial charge in [-0.1, -0.05) is 0 Å². The van der Waals surface area contributed by atoms with E-state index in [4.69, 9.17) is 4.74 Å². The van der Waals surface area contributed by atoms with Gasteiger partial charge in [0.05, 0.1) is 0 Å². The van der Waals surface area contributed by atoms with Crippen molar-refractivity contribution in [2.24, 2.45) is 0 Å². The highest BCUT2D eigenvalue weighted by atomic mass is 19.4. The van der Waals surface area contributed by atoms with Crippen molar-refractivity contribution >= 4 is 12.1 Å². The molecule has 0 aromatic carbocycles. The highest BCUT2D eigenvalue weighted by molar-refractivity contribution is 5.88. The van der Waals surface area contributed by atoms with E-state index in [0.29, 0.717) is 0 Å². The van der Waals surface area contributed by atoms with Gasteiger partial charge < -0.3 is 14.8 Å². The van der Waals surface area contributed by atoms with E-state index >= 15 is 0 Å². The number of carbonyl (C=O) groups excluding carboxylic acids is 2. The summed E-state index contributed by atoms with van der Waals surface area (Å²) in [7, 11) is 0. The van der Waals surface area contributed by atoms with Crippen LogP contribution in [-0.4, -0.2) is 36.0 Å². The van der Waals surface area contributed by atoms with Gasteiger partial charge in [0.1, 0.15) is 11.1 Å². The molecule has 0 aromatic heterocycles. The Morgan fingerprint density at radius 3 is 2.11 bits per heavy atom. The molecule has 1 amide bonds. The molecule has 110 valence electrons. The van der Waals surface area contributed by atoms with E-state index in [-0.39, 0.29) is 12.8 Å². The van der Waals surface area contributed by atoms with Crippen LogP contribution in [-0.2, 0) is 14.3 Å². The smallest absolute Gasteiger partial charge is 0.422 e. The third-order valence-electron chi connectivity index (χ3n) is 2.25. The van der Waals surface area contributed by atoms with Crippen LogP contribution in [0.25, 0.3) is 0 Å². The minimum absolute atomic E-state index is 0.239. The fraction of sp³-hybridized carbons (Fsp3) is 0.818. The fourth-order valence-corrected chi connectivity index (χ4v) is 1.29. The molecule has 1 N–H and O–H groups in total. The predicted octanol–water partition coefficient (Wildman–Crippen LogP) is 2.15. The Morgan fingerprint density at radius 2 is 1.74 bits per heavy atom. The van der Waals surface area contributed by atoms with E-state index in [0.717, 1.165) is 0 Å². The van der Waals surface area contributed by atoms with Crippen molar-refractivity contribution in [1.82, 2.24) is 5.32 Å². The average molecular weight is 283 g/mol. The topological polar surface area (TPSA) is 64.6 Å². The molecular formula is C11H16F3NO4. The third-order valence-corrected chi connectivity index (χ3v) is 2.25. The van der Waals surface area contributed by atoms with Crippen molar-refractivity contribution in [3.05, 3.63) is 0 Å². The number of nitrogens with one attached hydrogen (secondary N) is 1. The maximum absolute atomic E-state index is 11.9. The molecule has 0 saturated heterocycles. The highest BCUT2D eigenvalue weighted by Crippen LogP contribution is 2.37. The Labute approximate surface area is 108 Å². The molecule has 5 nitrogen and oxygen atoms in total. The number of alkyl halides is 3. The van der Waals surface area contributed by atoms with Crippen molar-refractivity contribution in [1.29, 1.82) is 0 Å². The SMILES string of the molecule is CC(C)(C)OC(=O)NC1(C(=O)OCC(F)(F)F)CC1. The van der Waals surface area contributed by atoms with E-state index in [1.165, 1.54) is 0 Å². The molecule has 19 heavy (non-hydrogen) atoms. The molecule has 1 rings (SSSR count). The van der Waals surface area contributed by atoms with E-state index in [1.54, 1.807) is 20.8 Å². The standard InChI is InChI=1S/C11H16F3NO4/c1-9(2,3)19-8(17)15-10(4-5-10)7(16)18-6-11(12,13)14/h4-6H2,1-3H3,(H,15,17). The highest BCUT2D eigenvalue weighted by Gasteiger charge is 2.54. The first kappa shape index (κ1) is 15.6. The zero-order valence-corrected chi connectivity index (χ0v) is 10.9. The van der Waals surface area contributed by atoms with Gasteiger partial charge in [0, 0.05) is 0 Å². The summed E-state index contributed by atoms with van der Waals surface area (Å²) in [4.78, 5) is 22.9. The van der Waals surface area contributed by atoms with E-state index in [1.807, 2.05) is 0 Å². The van der Waals surface area contributed by atoms with Gasteiger partial charge in [-0.25, -0.2) is 9.59 Å². The first-order valence-corrected chi connectivity index (χ1v) is 5.69. The molecule has 1 aliphatic rings. The monoisotopic (exact) mass is 283 g/mol. The second kappa shape index (κ2) is 4.90. The average Bonchev–Trinajstić information content (AvgIpc) is 2.90. The number of amides is 1. The number of hydrogen-bond acceptors (Lipinski definition) is 4. The molecule has 0 heterocycles. The van der Waals surface area contributed by atoms with E-state index in [2.05, 4.69) is 10.1 Å². The number of carbonyl (C=O) groups is 2. The molecule has 0 spiro atoms. The molecule has 0 aliphatic heterocycles. The second-order valence-corrected chi connectivity index (χ2v) is 5.40. The summed E-state index contributed by atoms with van der Waals surface area (Å²) < 4.78 is 44.8. The van der Waals surface area contributed by atoms with Crippen LogP contribution in [0.4, 0.5) is 18.0 Å². The molecule has 0 unspecified atom stereocenters. The van der Waals surface area contributed by atoms with Gasteiger partial charge >= 0.3 is 18.2 Å². The summed E-state index contributed by atoms with van der Waals surface area (Å²) in [6.45, 7) is 3.24. The summed E-state index contributed by atoms with van der Waals surface area (Å²) in [5, 5.41) is 2.26. The number of hydrogen-bond donors (Lipinski definition) is 1. The van der Waals surface area contributed by atoms with Gasteiger partial charge in [-0.3, -0.25) is 0 Å². The molecule has 1 saturated carbocycles. The van der Waals surface area contributed by atoms with Crippen molar-refractivity contribution < 1.29 is 32.2 Å². The van der Waals surface area contributed by atoms with Crippen LogP contribution in [0.2, 0.25) is 0 Å². The van der Waals surface area contributed by atoms with Crippen LogP contribution in [0.15, 0.2) is 0 Å². The zero-order chi connectivity index (χ0) is 14.9. The number of esters is 1. The number of alkyl carbamates (subject to hydrolysis) is 1. The van der Waals surface area contributed by atoms with E-state index < -0.39 is 36.0 Å². The lowest BCUT2D eigenvalue weighted by Gasteiger charge is -2.22.